The largest absolute Gasteiger partial charge is 0.494 e. The molecule has 6 nitrogen and oxygen atoms in total. The molecule has 2 N–H and O–H groups in total. The molecule has 0 unspecified atom stereocenters. The van der Waals surface area contributed by atoms with Crippen LogP contribution in [0.25, 0.3) is 0 Å². The Balaban J connectivity index is 1.91. The third kappa shape index (κ3) is 4.00. The van der Waals surface area contributed by atoms with Crippen molar-refractivity contribution < 1.29 is 19.1 Å². The van der Waals surface area contributed by atoms with E-state index in [1.807, 2.05) is 32.9 Å². The highest BCUT2D eigenvalue weighted by Gasteiger charge is 2.16. The van der Waals surface area contributed by atoms with Gasteiger partial charge in [-0.15, -0.1) is 0 Å². The van der Waals surface area contributed by atoms with Gasteiger partial charge in [0.25, 0.3) is 5.91 Å². The maximum absolute atomic E-state index is 12.0. The Morgan fingerprint density at radius 3 is 2.41 bits per heavy atom. The SMILES string of the molecule is Cc1cc(C)c(NC(=O)CNC(=O)C2=COCCO2)c(C)c1. The Bertz CT molecular complexity index is 600. The number of benzene rings is 1. The molecule has 2 rings (SSSR count). The van der Waals surface area contributed by atoms with Gasteiger partial charge < -0.3 is 20.1 Å². The number of amides is 2. The molecule has 1 aromatic carbocycles. The van der Waals surface area contributed by atoms with Crippen molar-refractivity contribution in [1.29, 1.82) is 0 Å². The van der Waals surface area contributed by atoms with E-state index in [0.717, 1.165) is 22.4 Å². The van der Waals surface area contributed by atoms with Crippen molar-refractivity contribution in [2.75, 3.05) is 25.1 Å². The normalized spacial score (nSPS) is 13.5. The number of nitrogens with one attached hydrogen (secondary N) is 2. The lowest BCUT2D eigenvalue weighted by Crippen LogP contribution is -2.35. The Kier molecular flexibility index (Phi) is 5.04. The minimum absolute atomic E-state index is 0.0850. The summed E-state index contributed by atoms with van der Waals surface area (Å²) in [5, 5.41) is 5.32. The first-order valence-corrected chi connectivity index (χ1v) is 7.08. The lowest BCUT2D eigenvalue weighted by molar-refractivity contribution is -0.125. The molecule has 6 heteroatoms. The van der Waals surface area contributed by atoms with Crippen molar-refractivity contribution in [3.05, 3.63) is 40.8 Å². The second kappa shape index (κ2) is 6.98. The molecule has 2 amide bonds. The van der Waals surface area contributed by atoms with E-state index in [4.69, 9.17) is 9.47 Å². The van der Waals surface area contributed by atoms with Crippen molar-refractivity contribution in [2.45, 2.75) is 20.8 Å². The van der Waals surface area contributed by atoms with Crippen molar-refractivity contribution in [1.82, 2.24) is 5.32 Å². The van der Waals surface area contributed by atoms with Gasteiger partial charge in [-0.25, -0.2) is 0 Å². The van der Waals surface area contributed by atoms with Gasteiger partial charge in [0, 0.05) is 5.69 Å². The van der Waals surface area contributed by atoms with Gasteiger partial charge in [-0.2, -0.15) is 0 Å². The summed E-state index contributed by atoms with van der Waals surface area (Å²) in [4.78, 5) is 23.7. The zero-order chi connectivity index (χ0) is 16.1. The van der Waals surface area contributed by atoms with Crippen molar-refractivity contribution in [3.63, 3.8) is 0 Å². The van der Waals surface area contributed by atoms with E-state index in [9.17, 15) is 9.59 Å². The molecule has 1 aromatic rings. The van der Waals surface area contributed by atoms with Gasteiger partial charge in [0.2, 0.25) is 11.7 Å². The smallest absolute Gasteiger partial charge is 0.290 e. The van der Waals surface area contributed by atoms with Gasteiger partial charge in [0.1, 0.15) is 19.5 Å². The Hall–Kier alpha value is -2.50. The molecule has 0 radical (unpaired) electrons. The Morgan fingerprint density at radius 2 is 1.82 bits per heavy atom. The van der Waals surface area contributed by atoms with Crippen molar-refractivity contribution in [3.8, 4) is 0 Å². The quantitative estimate of drug-likeness (QED) is 0.885. The Labute approximate surface area is 129 Å². The second-order valence-electron chi connectivity index (χ2n) is 5.21. The average molecular weight is 304 g/mol. The molecule has 1 aliphatic heterocycles. The van der Waals surface area contributed by atoms with Crippen LogP contribution in [0.1, 0.15) is 16.7 Å². The highest BCUT2D eigenvalue weighted by molar-refractivity contribution is 5.98. The Morgan fingerprint density at radius 1 is 1.14 bits per heavy atom. The molecular formula is C16H20N2O4. The minimum atomic E-state index is -0.466. The molecule has 22 heavy (non-hydrogen) atoms. The summed E-state index contributed by atoms with van der Waals surface area (Å²) >= 11 is 0. The van der Waals surface area contributed by atoms with Gasteiger partial charge in [0.15, 0.2) is 0 Å². The van der Waals surface area contributed by atoms with Gasteiger partial charge >= 0.3 is 0 Å². The van der Waals surface area contributed by atoms with Crippen LogP contribution in [-0.2, 0) is 19.1 Å². The molecule has 0 saturated heterocycles. The first-order valence-electron chi connectivity index (χ1n) is 7.08. The number of ether oxygens (including phenoxy) is 2. The first kappa shape index (κ1) is 15.9. The molecule has 0 aromatic heterocycles. The van der Waals surface area contributed by atoms with Crippen molar-refractivity contribution in [2.24, 2.45) is 0 Å². The molecule has 0 fully saturated rings. The van der Waals surface area contributed by atoms with Crippen LogP contribution in [0, 0.1) is 20.8 Å². The number of carbonyl (C=O) groups excluding carboxylic acids is 2. The summed E-state index contributed by atoms with van der Waals surface area (Å²) in [6.45, 7) is 6.49. The van der Waals surface area contributed by atoms with Gasteiger partial charge in [-0.1, -0.05) is 17.7 Å². The average Bonchev–Trinajstić information content (AvgIpc) is 2.49. The highest BCUT2D eigenvalue weighted by Crippen LogP contribution is 2.21. The predicted molar refractivity (Wildman–Crippen MR) is 82.3 cm³/mol. The van der Waals surface area contributed by atoms with E-state index in [2.05, 4.69) is 10.6 Å². The number of anilines is 1. The second-order valence-corrected chi connectivity index (χ2v) is 5.21. The fourth-order valence-corrected chi connectivity index (χ4v) is 2.30. The van der Waals surface area contributed by atoms with Crippen LogP contribution in [-0.4, -0.2) is 31.6 Å². The lowest BCUT2D eigenvalue weighted by Gasteiger charge is -2.16. The molecule has 0 atom stereocenters. The van der Waals surface area contributed by atoms with E-state index >= 15 is 0 Å². The molecule has 1 heterocycles. The molecule has 0 spiro atoms. The lowest BCUT2D eigenvalue weighted by atomic mass is 10.1. The van der Waals surface area contributed by atoms with Crippen LogP contribution in [0.5, 0.6) is 0 Å². The molecule has 118 valence electrons. The summed E-state index contributed by atoms with van der Waals surface area (Å²) in [6.07, 6.45) is 1.25. The molecule has 0 saturated carbocycles. The first-order chi connectivity index (χ1) is 10.5. The topological polar surface area (TPSA) is 76.7 Å². The summed E-state index contributed by atoms with van der Waals surface area (Å²) < 4.78 is 10.1. The summed E-state index contributed by atoms with van der Waals surface area (Å²) in [6, 6.07) is 4.00. The third-order valence-corrected chi connectivity index (χ3v) is 3.22. The summed E-state index contributed by atoms with van der Waals surface area (Å²) in [5.74, 6) is -0.672. The van der Waals surface area contributed by atoms with E-state index in [0.29, 0.717) is 13.2 Å². The van der Waals surface area contributed by atoms with E-state index in [1.54, 1.807) is 0 Å². The van der Waals surface area contributed by atoms with Gasteiger partial charge in [-0.3, -0.25) is 9.59 Å². The van der Waals surface area contributed by atoms with E-state index in [-0.39, 0.29) is 18.2 Å². The number of carbonyl (C=O) groups is 2. The number of aryl methyl sites for hydroxylation is 3. The van der Waals surface area contributed by atoms with Crippen LogP contribution in [0.4, 0.5) is 5.69 Å². The molecule has 1 aliphatic rings. The van der Waals surface area contributed by atoms with E-state index in [1.165, 1.54) is 6.26 Å². The van der Waals surface area contributed by atoms with Crippen LogP contribution < -0.4 is 10.6 Å². The fourth-order valence-electron chi connectivity index (χ4n) is 2.30. The third-order valence-electron chi connectivity index (χ3n) is 3.22. The molecule has 0 aliphatic carbocycles. The maximum Gasteiger partial charge on any atom is 0.290 e. The number of hydrogen-bond acceptors (Lipinski definition) is 4. The van der Waals surface area contributed by atoms with Crippen LogP contribution >= 0.6 is 0 Å². The van der Waals surface area contributed by atoms with Crippen molar-refractivity contribution >= 4 is 17.5 Å². The summed E-state index contributed by atoms with van der Waals surface area (Å²) in [7, 11) is 0. The number of rotatable bonds is 4. The number of hydrogen-bond donors (Lipinski definition) is 2. The van der Waals surface area contributed by atoms with Crippen LogP contribution in [0.15, 0.2) is 24.2 Å². The monoisotopic (exact) mass is 304 g/mol. The summed E-state index contributed by atoms with van der Waals surface area (Å²) in [5.41, 5.74) is 3.90. The molecular weight excluding hydrogens is 284 g/mol. The van der Waals surface area contributed by atoms with Crippen LogP contribution in [0.3, 0.4) is 0 Å². The maximum atomic E-state index is 12.0. The van der Waals surface area contributed by atoms with E-state index < -0.39 is 5.91 Å². The standard InChI is InChI=1S/C16H20N2O4/c1-10-6-11(2)15(12(3)7-10)18-14(19)8-17-16(20)13-9-21-4-5-22-13/h6-7,9H,4-5,8H2,1-3H3,(H,17,20)(H,18,19). The van der Waals surface area contributed by atoms with Gasteiger partial charge in [0.05, 0.1) is 6.54 Å². The zero-order valence-corrected chi connectivity index (χ0v) is 13.0. The minimum Gasteiger partial charge on any atom is -0.494 e. The molecule has 0 bridgehead atoms. The highest BCUT2D eigenvalue weighted by atomic mass is 16.6. The zero-order valence-electron chi connectivity index (χ0n) is 13.0. The predicted octanol–water partition coefficient (Wildman–Crippen LogP) is 1.55. The van der Waals surface area contributed by atoms with Crippen LogP contribution in [0.2, 0.25) is 0 Å². The van der Waals surface area contributed by atoms with Gasteiger partial charge in [-0.05, 0) is 31.9 Å². The fraction of sp³-hybridized carbons (Fsp3) is 0.375.